The molecule has 0 saturated heterocycles. The smallest absolute Gasteiger partial charge is 0.387 e. The van der Waals surface area contributed by atoms with Gasteiger partial charge in [0.2, 0.25) is 0 Å². The molecular weight excluding hydrogens is 472 g/mol. The van der Waals surface area contributed by atoms with Gasteiger partial charge in [-0.3, -0.25) is 10.2 Å². The van der Waals surface area contributed by atoms with Crippen molar-refractivity contribution < 1.29 is 23.4 Å². The molecule has 2 aromatic heterocycles. The van der Waals surface area contributed by atoms with E-state index in [1.165, 1.54) is 24.5 Å². The first-order valence-corrected chi connectivity index (χ1v) is 11.3. The lowest BCUT2D eigenvalue weighted by molar-refractivity contribution is -0.0498. The number of carbonyl (C=O) groups excluding carboxylic acids is 1. The van der Waals surface area contributed by atoms with Crippen LogP contribution < -0.4 is 15.4 Å². The van der Waals surface area contributed by atoms with Crippen LogP contribution in [0.25, 0.3) is 11.2 Å². The second kappa shape index (κ2) is 11.4. The number of aliphatic hydroxyl groups excluding tert-OH is 1. The Kier molecular flexibility index (Phi) is 8.53. The highest BCUT2D eigenvalue weighted by Crippen LogP contribution is 2.26. The van der Waals surface area contributed by atoms with E-state index in [0.717, 1.165) is 13.0 Å². The van der Waals surface area contributed by atoms with E-state index in [0.29, 0.717) is 23.4 Å². The molecule has 0 aliphatic carbocycles. The molecule has 5 N–H and O–H groups in total. The number of rotatable bonds is 12. The molecule has 0 bridgehead atoms. The Bertz CT molecular complexity index is 1230. The average molecular weight is 504 g/mol. The number of amides is 1. The lowest BCUT2D eigenvalue weighted by Gasteiger charge is -2.23. The molecule has 0 fully saturated rings. The van der Waals surface area contributed by atoms with Crippen molar-refractivity contribution in [2.24, 2.45) is 0 Å². The fourth-order valence-electron chi connectivity index (χ4n) is 3.42. The summed E-state index contributed by atoms with van der Waals surface area (Å²) in [7, 11) is 3.93. The fraction of sp³-hybridized carbons (Fsp3) is 0.417. The molecule has 194 valence electrons. The van der Waals surface area contributed by atoms with Crippen LogP contribution in [0, 0.1) is 5.41 Å². The summed E-state index contributed by atoms with van der Waals surface area (Å²) in [5.41, 5.74) is 0.848. The number of fused-ring (bicyclic) bond motifs is 1. The fourth-order valence-corrected chi connectivity index (χ4v) is 3.42. The van der Waals surface area contributed by atoms with Gasteiger partial charge in [-0.15, -0.1) is 0 Å². The molecule has 0 aliphatic heterocycles. The quantitative estimate of drug-likeness (QED) is 0.189. The number of carbonyl (C=O) groups is 1. The first-order chi connectivity index (χ1) is 17.0. The topological polar surface area (TPSA) is 139 Å². The Morgan fingerprint density at radius 1 is 1.31 bits per heavy atom. The first kappa shape index (κ1) is 27.0. The minimum Gasteiger partial charge on any atom is -0.435 e. The zero-order valence-corrected chi connectivity index (χ0v) is 20.7. The van der Waals surface area contributed by atoms with Crippen molar-refractivity contribution in [2.75, 3.05) is 39.1 Å². The molecule has 3 rings (SSSR count). The van der Waals surface area contributed by atoms with E-state index in [2.05, 4.69) is 30.3 Å². The number of halogens is 2. The number of ether oxygens (including phenoxy) is 1. The van der Waals surface area contributed by atoms with Crippen LogP contribution in [0.4, 0.5) is 14.5 Å². The summed E-state index contributed by atoms with van der Waals surface area (Å²) in [5, 5.41) is 24.2. The van der Waals surface area contributed by atoms with Gasteiger partial charge in [-0.1, -0.05) is 0 Å². The Morgan fingerprint density at radius 2 is 2.06 bits per heavy atom. The van der Waals surface area contributed by atoms with Crippen LogP contribution in [0.15, 0.2) is 30.6 Å². The monoisotopic (exact) mass is 503 g/mol. The maximum Gasteiger partial charge on any atom is 0.387 e. The van der Waals surface area contributed by atoms with Crippen molar-refractivity contribution in [2.45, 2.75) is 32.4 Å². The van der Waals surface area contributed by atoms with Crippen LogP contribution in [0.3, 0.4) is 0 Å². The predicted octanol–water partition coefficient (Wildman–Crippen LogP) is 2.84. The van der Waals surface area contributed by atoms with E-state index in [4.69, 9.17) is 5.41 Å². The van der Waals surface area contributed by atoms with Gasteiger partial charge in [-0.05, 0) is 59.1 Å². The van der Waals surface area contributed by atoms with Gasteiger partial charge < -0.3 is 30.4 Å². The zero-order chi connectivity index (χ0) is 26.5. The van der Waals surface area contributed by atoms with E-state index in [-0.39, 0.29) is 34.8 Å². The van der Waals surface area contributed by atoms with E-state index in [1.54, 1.807) is 19.9 Å². The molecular formula is C24H31F2N7O3. The van der Waals surface area contributed by atoms with Crippen molar-refractivity contribution in [3.05, 3.63) is 47.4 Å². The van der Waals surface area contributed by atoms with Crippen molar-refractivity contribution >= 4 is 28.5 Å². The largest absolute Gasteiger partial charge is 0.435 e. The molecule has 0 aliphatic rings. The summed E-state index contributed by atoms with van der Waals surface area (Å²) in [4.78, 5) is 26.4. The predicted molar refractivity (Wildman–Crippen MR) is 133 cm³/mol. The third kappa shape index (κ3) is 6.73. The van der Waals surface area contributed by atoms with Gasteiger partial charge in [0.05, 0.1) is 29.6 Å². The number of anilines is 1. The van der Waals surface area contributed by atoms with Crippen LogP contribution >= 0.6 is 0 Å². The van der Waals surface area contributed by atoms with Gasteiger partial charge in [-0.2, -0.15) is 8.78 Å². The number of benzene rings is 1. The molecule has 0 radical (unpaired) electrons. The summed E-state index contributed by atoms with van der Waals surface area (Å²) in [6.45, 7) is 1.53. The van der Waals surface area contributed by atoms with Gasteiger partial charge in [0.25, 0.3) is 5.91 Å². The van der Waals surface area contributed by atoms with Crippen molar-refractivity contribution in [3.8, 4) is 5.75 Å². The summed E-state index contributed by atoms with van der Waals surface area (Å²) in [6, 6.07) is 4.34. The maximum absolute atomic E-state index is 12.8. The standard InChI is InChI=1S/C24H31F2N7O3/c1-24(2,13-34)32-22(35)16-11-29-21-20(16)31-18(12-30-21)19(27)15-10-14(36-23(25)26)6-7-17(15)28-8-5-9-33(3)4/h6-7,10-12,23,27-28,34H,5,8-9,13H2,1-4H3,(H,29,30)(H,32,35). The van der Waals surface area contributed by atoms with Crippen LogP contribution in [0.2, 0.25) is 0 Å². The minimum atomic E-state index is -3.01. The van der Waals surface area contributed by atoms with Crippen molar-refractivity contribution in [1.29, 1.82) is 5.41 Å². The summed E-state index contributed by atoms with van der Waals surface area (Å²) in [6.07, 6.45) is 3.65. The second-order valence-electron chi connectivity index (χ2n) is 9.20. The SMILES string of the molecule is CN(C)CCCNc1ccc(OC(F)F)cc1C(=N)c1cnc2[nH]cc(C(=O)NC(C)(C)CO)c2n1. The molecule has 0 atom stereocenters. The molecule has 1 amide bonds. The number of aliphatic hydroxyl groups is 1. The number of nitrogens with zero attached hydrogens (tertiary/aromatic N) is 3. The number of alkyl halides is 2. The highest BCUT2D eigenvalue weighted by molar-refractivity contribution is 6.14. The van der Waals surface area contributed by atoms with Gasteiger partial charge in [0, 0.05) is 24.0 Å². The number of H-pyrrole nitrogens is 1. The summed E-state index contributed by atoms with van der Waals surface area (Å²) in [5.74, 6) is -0.556. The average Bonchev–Trinajstić information content (AvgIpc) is 3.24. The number of hydrogen-bond acceptors (Lipinski definition) is 8. The van der Waals surface area contributed by atoms with Gasteiger partial charge in [0.15, 0.2) is 5.65 Å². The zero-order valence-electron chi connectivity index (χ0n) is 20.7. The minimum absolute atomic E-state index is 0.0810. The maximum atomic E-state index is 12.8. The number of aromatic amines is 1. The molecule has 3 aromatic rings. The molecule has 10 nitrogen and oxygen atoms in total. The molecule has 36 heavy (non-hydrogen) atoms. The van der Waals surface area contributed by atoms with E-state index in [1.807, 2.05) is 19.0 Å². The van der Waals surface area contributed by atoms with Gasteiger partial charge in [0.1, 0.15) is 17.0 Å². The Labute approximate surface area is 207 Å². The molecule has 0 unspecified atom stereocenters. The Balaban J connectivity index is 1.95. The Morgan fingerprint density at radius 3 is 2.72 bits per heavy atom. The Hall–Kier alpha value is -3.64. The van der Waals surface area contributed by atoms with E-state index >= 15 is 0 Å². The molecule has 0 saturated carbocycles. The number of nitrogens with one attached hydrogen (secondary N) is 4. The molecule has 2 heterocycles. The third-order valence-corrected chi connectivity index (χ3v) is 5.31. The van der Waals surface area contributed by atoms with Crippen molar-refractivity contribution in [3.63, 3.8) is 0 Å². The van der Waals surface area contributed by atoms with Crippen LogP contribution in [0.5, 0.6) is 5.75 Å². The third-order valence-electron chi connectivity index (χ3n) is 5.31. The second-order valence-corrected chi connectivity index (χ2v) is 9.20. The summed E-state index contributed by atoms with van der Waals surface area (Å²) >= 11 is 0. The highest BCUT2D eigenvalue weighted by atomic mass is 19.3. The van der Waals surface area contributed by atoms with E-state index in [9.17, 15) is 18.7 Å². The summed E-state index contributed by atoms with van der Waals surface area (Å²) < 4.78 is 30.2. The van der Waals surface area contributed by atoms with E-state index < -0.39 is 18.1 Å². The number of aromatic nitrogens is 3. The molecule has 0 spiro atoms. The van der Waals surface area contributed by atoms with Gasteiger partial charge in [-0.25, -0.2) is 9.97 Å². The lowest BCUT2D eigenvalue weighted by atomic mass is 10.0. The number of hydrogen-bond donors (Lipinski definition) is 5. The highest BCUT2D eigenvalue weighted by Gasteiger charge is 2.24. The van der Waals surface area contributed by atoms with Crippen molar-refractivity contribution in [1.82, 2.24) is 25.2 Å². The van der Waals surface area contributed by atoms with Gasteiger partial charge >= 0.3 is 6.61 Å². The van der Waals surface area contributed by atoms with Crippen LogP contribution in [-0.4, -0.2) is 82.5 Å². The molecule has 1 aromatic carbocycles. The van der Waals surface area contributed by atoms with Crippen LogP contribution in [0.1, 0.15) is 41.9 Å². The lowest BCUT2D eigenvalue weighted by Crippen LogP contribution is -2.46. The normalized spacial score (nSPS) is 11.8. The molecule has 12 heteroatoms. The first-order valence-electron chi connectivity index (χ1n) is 11.3. The van der Waals surface area contributed by atoms with Crippen LogP contribution in [-0.2, 0) is 0 Å².